The average molecular weight is 481 g/mol. The van der Waals surface area contributed by atoms with Gasteiger partial charge in [0.15, 0.2) is 11.0 Å². The summed E-state index contributed by atoms with van der Waals surface area (Å²) in [5.41, 5.74) is 2.21. The van der Waals surface area contributed by atoms with Crippen molar-refractivity contribution in [2.24, 2.45) is 0 Å². The molecule has 2 aliphatic rings. The summed E-state index contributed by atoms with van der Waals surface area (Å²) < 4.78 is 6.00. The molecule has 0 saturated heterocycles. The van der Waals surface area contributed by atoms with Gasteiger partial charge in [0.25, 0.3) is 11.8 Å². The van der Waals surface area contributed by atoms with Crippen molar-refractivity contribution in [1.29, 1.82) is 0 Å². The van der Waals surface area contributed by atoms with E-state index in [0.29, 0.717) is 16.6 Å². The van der Waals surface area contributed by atoms with Gasteiger partial charge in [-0.15, -0.1) is 0 Å². The highest BCUT2D eigenvalue weighted by Crippen LogP contribution is 2.52. The number of nitrogens with zero attached hydrogens (tertiary/aromatic N) is 2. The molecule has 3 aromatic carbocycles. The SMILES string of the molecule is Cc1ccc(CN2C(=O)C3(c4ccccc42)c2c(oc4ccc(C)cc4c2=O)C(=O)N3CCO)cc1. The third-order valence-electron chi connectivity index (χ3n) is 7.18. The zero-order valence-electron chi connectivity index (χ0n) is 19.9. The molecule has 7 nitrogen and oxygen atoms in total. The van der Waals surface area contributed by atoms with Crippen LogP contribution in [0.4, 0.5) is 5.69 Å². The molecule has 0 bridgehead atoms. The minimum atomic E-state index is -1.71. The minimum absolute atomic E-state index is 0.0166. The van der Waals surface area contributed by atoms with Crippen molar-refractivity contribution in [3.8, 4) is 0 Å². The van der Waals surface area contributed by atoms with Crippen molar-refractivity contribution in [1.82, 2.24) is 4.90 Å². The third kappa shape index (κ3) is 2.86. The summed E-state index contributed by atoms with van der Waals surface area (Å²) in [6.45, 7) is 3.63. The lowest BCUT2D eigenvalue weighted by molar-refractivity contribution is -0.126. The number of fused-ring (bicyclic) bond motifs is 5. The first kappa shape index (κ1) is 22.2. The second-order valence-electron chi connectivity index (χ2n) is 9.42. The molecule has 0 aliphatic carbocycles. The molecule has 4 aromatic rings. The van der Waals surface area contributed by atoms with E-state index in [2.05, 4.69) is 0 Å². The quantitative estimate of drug-likeness (QED) is 0.482. The van der Waals surface area contributed by atoms with E-state index in [0.717, 1.165) is 16.7 Å². The number of para-hydroxylation sites is 1. The molecule has 6 rings (SSSR count). The van der Waals surface area contributed by atoms with Crippen LogP contribution in [0, 0.1) is 13.8 Å². The topological polar surface area (TPSA) is 91.1 Å². The van der Waals surface area contributed by atoms with E-state index in [1.165, 1.54) is 4.90 Å². The van der Waals surface area contributed by atoms with E-state index in [1.807, 2.05) is 50.2 Å². The van der Waals surface area contributed by atoms with Crippen molar-refractivity contribution < 1.29 is 19.1 Å². The molecule has 2 aliphatic heterocycles. The Hall–Kier alpha value is -4.23. The fourth-order valence-electron chi connectivity index (χ4n) is 5.54. The maximum atomic E-state index is 14.5. The molecule has 1 unspecified atom stereocenters. The summed E-state index contributed by atoms with van der Waals surface area (Å²) in [4.78, 5) is 45.1. The smallest absolute Gasteiger partial charge is 0.291 e. The molecule has 1 aromatic heterocycles. The van der Waals surface area contributed by atoms with Crippen LogP contribution >= 0.6 is 0 Å². The summed E-state index contributed by atoms with van der Waals surface area (Å²) in [5, 5.41) is 10.2. The van der Waals surface area contributed by atoms with E-state index >= 15 is 0 Å². The summed E-state index contributed by atoms with van der Waals surface area (Å²) in [7, 11) is 0. The molecular formula is C29H24N2O5. The predicted molar refractivity (Wildman–Crippen MR) is 135 cm³/mol. The first-order valence-corrected chi connectivity index (χ1v) is 11.9. The number of carbonyl (C=O) groups is 2. The number of aryl methyl sites for hydroxylation is 2. The Kier molecular flexibility index (Phi) is 4.88. The molecule has 1 spiro atoms. The molecule has 0 saturated carbocycles. The zero-order valence-corrected chi connectivity index (χ0v) is 19.9. The van der Waals surface area contributed by atoms with Crippen LogP contribution in [-0.4, -0.2) is 35.0 Å². The number of anilines is 1. The lowest BCUT2D eigenvalue weighted by atomic mass is 9.84. The summed E-state index contributed by atoms with van der Waals surface area (Å²) in [6.07, 6.45) is 0. The second kappa shape index (κ2) is 7.90. The highest BCUT2D eigenvalue weighted by atomic mass is 16.3. The van der Waals surface area contributed by atoms with Gasteiger partial charge < -0.3 is 19.3 Å². The normalized spacial score (nSPS) is 18.4. The Balaban J connectivity index is 1.65. The van der Waals surface area contributed by atoms with E-state index in [1.54, 1.807) is 35.2 Å². The Morgan fingerprint density at radius 3 is 2.39 bits per heavy atom. The van der Waals surface area contributed by atoms with Gasteiger partial charge in [-0.05, 0) is 37.6 Å². The van der Waals surface area contributed by atoms with Gasteiger partial charge in [0.1, 0.15) is 5.58 Å². The number of rotatable bonds is 4. The molecule has 0 radical (unpaired) electrons. The molecule has 0 fully saturated rings. The fraction of sp³-hybridized carbons (Fsp3) is 0.207. The number of aliphatic hydroxyl groups is 1. The molecular weight excluding hydrogens is 456 g/mol. The van der Waals surface area contributed by atoms with Crippen LogP contribution in [0.2, 0.25) is 0 Å². The number of hydrogen-bond acceptors (Lipinski definition) is 5. The molecule has 1 N–H and O–H groups in total. The molecule has 1 atom stereocenters. The molecule has 7 heteroatoms. The van der Waals surface area contributed by atoms with E-state index in [4.69, 9.17) is 4.42 Å². The van der Waals surface area contributed by atoms with Crippen LogP contribution in [0.3, 0.4) is 0 Å². The third-order valence-corrected chi connectivity index (χ3v) is 7.18. The summed E-state index contributed by atoms with van der Waals surface area (Å²) in [6, 6.07) is 20.3. The van der Waals surface area contributed by atoms with Crippen molar-refractivity contribution in [2.45, 2.75) is 25.9 Å². The van der Waals surface area contributed by atoms with Gasteiger partial charge in [0.2, 0.25) is 5.76 Å². The first-order chi connectivity index (χ1) is 17.4. The lowest BCUT2D eigenvalue weighted by Gasteiger charge is -2.33. The number of aliphatic hydroxyl groups excluding tert-OH is 1. The van der Waals surface area contributed by atoms with Gasteiger partial charge in [-0.2, -0.15) is 0 Å². The van der Waals surface area contributed by atoms with Crippen LogP contribution in [-0.2, 0) is 16.9 Å². The van der Waals surface area contributed by atoms with Crippen LogP contribution < -0.4 is 10.3 Å². The van der Waals surface area contributed by atoms with Gasteiger partial charge in [0, 0.05) is 12.1 Å². The Morgan fingerprint density at radius 2 is 1.64 bits per heavy atom. The van der Waals surface area contributed by atoms with Gasteiger partial charge in [0.05, 0.1) is 29.8 Å². The summed E-state index contributed by atoms with van der Waals surface area (Å²) >= 11 is 0. The van der Waals surface area contributed by atoms with E-state index < -0.39 is 22.8 Å². The van der Waals surface area contributed by atoms with Crippen LogP contribution in [0.5, 0.6) is 0 Å². The van der Waals surface area contributed by atoms with Crippen LogP contribution in [0.15, 0.2) is 75.9 Å². The second-order valence-corrected chi connectivity index (χ2v) is 9.42. The monoisotopic (exact) mass is 480 g/mol. The highest BCUT2D eigenvalue weighted by molar-refractivity contribution is 6.17. The largest absolute Gasteiger partial charge is 0.450 e. The van der Waals surface area contributed by atoms with Crippen molar-refractivity contribution in [2.75, 3.05) is 18.1 Å². The minimum Gasteiger partial charge on any atom is -0.450 e. The first-order valence-electron chi connectivity index (χ1n) is 11.9. The predicted octanol–water partition coefficient (Wildman–Crippen LogP) is 3.65. The molecule has 180 valence electrons. The average Bonchev–Trinajstić information content (AvgIpc) is 3.26. The van der Waals surface area contributed by atoms with Gasteiger partial charge in [-0.1, -0.05) is 59.7 Å². The standard InChI is InChI=1S/C29H24N2O5/c1-17-7-10-19(11-8-17)16-30-22-6-4-3-5-21(22)29(28(30)35)24-25(33)20-15-18(2)9-12-23(20)36-26(24)27(34)31(29)13-14-32/h3-12,15,32H,13-14,16H2,1-2H3. The van der Waals surface area contributed by atoms with Crippen molar-refractivity contribution in [3.05, 3.63) is 111 Å². The van der Waals surface area contributed by atoms with Crippen molar-refractivity contribution in [3.63, 3.8) is 0 Å². The number of benzene rings is 3. The lowest BCUT2D eigenvalue weighted by Crippen LogP contribution is -2.54. The van der Waals surface area contributed by atoms with Crippen LogP contribution in [0.25, 0.3) is 11.0 Å². The maximum absolute atomic E-state index is 14.5. The van der Waals surface area contributed by atoms with Gasteiger partial charge in [-0.25, -0.2) is 0 Å². The number of hydrogen-bond donors (Lipinski definition) is 1. The highest BCUT2D eigenvalue weighted by Gasteiger charge is 2.64. The number of β-amino-alcohol motifs (C(OH)–C–C–N with tert-alkyl or cyclic N) is 1. The molecule has 3 heterocycles. The van der Waals surface area contributed by atoms with Gasteiger partial charge >= 0.3 is 0 Å². The number of amides is 2. The van der Waals surface area contributed by atoms with E-state index in [-0.39, 0.29) is 36.6 Å². The summed E-state index contributed by atoms with van der Waals surface area (Å²) in [5.74, 6) is -1.15. The van der Waals surface area contributed by atoms with E-state index in [9.17, 15) is 19.5 Å². The zero-order chi connectivity index (χ0) is 25.2. The molecule has 36 heavy (non-hydrogen) atoms. The maximum Gasteiger partial charge on any atom is 0.291 e. The number of carbonyl (C=O) groups excluding carboxylic acids is 2. The van der Waals surface area contributed by atoms with Gasteiger partial charge in [-0.3, -0.25) is 14.4 Å². The molecule has 2 amide bonds. The Labute approximate surface area is 207 Å². The Bertz CT molecular complexity index is 1620. The fourth-order valence-corrected chi connectivity index (χ4v) is 5.54. The van der Waals surface area contributed by atoms with Crippen molar-refractivity contribution >= 4 is 28.5 Å². The van der Waals surface area contributed by atoms with Crippen LogP contribution in [0.1, 0.15) is 38.4 Å². The Morgan fingerprint density at radius 1 is 0.917 bits per heavy atom.